The van der Waals surface area contributed by atoms with Gasteiger partial charge in [0, 0.05) is 5.56 Å². The van der Waals surface area contributed by atoms with Gasteiger partial charge in [-0.1, -0.05) is 47.2 Å². The molecule has 0 saturated heterocycles. The number of aromatic nitrogens is 3. The molecule has 0 radical (unpaired) electrons. The molecule has 0 bridgehead atoms. The summed E-state index contributed by atoms with van der Waals surface area (Å²) in [4.78, 5) is 0. The highest BCUT2D eigenvalue weighted by Crippen LogP contribution is 2.23. The van der Waals surface area contributed by atoms with Gasteiger partial charge in [0.25, 0.3) is 0 Å². The molecule has 3 aromatic rings. The van der Waals surface area contributed by atoms with E-state index in [1.165, 1.54) is 12.1 Å². The van der Waals surface area contributed by atoms with Crippen LogP contribution in [0.25, 0.3) is 11.3 Å². The van der Waals surface area contributed by atoms with E-state index in [4.69, 9.17) is 0 Å². The summed E-state index contributed by atoms with van der Waals surface area (Å²) < 4.78 is 14.7. The highest BCUT2D eigenvalue weighted by Gasteiger charge is 2.15. The zero-order valence-corrected chi connectivity index (χ0v) is 12.0. The van der Waals surface area contributed by atoms with Gasteiger partial charge in [-0.15, -0.1) is 5.10 Å². The molecule has 0 aliphatic heterocycles. The zero-order valence-electron chi connectivity index (χ0n) is 12.0. The van der Waals surface area contributed by atoms with Gasteiger partial charge < -0.3 is 0 Å². The number of hydrogen-bond acceptors (Lipinski definition) is 3. The van der Waals surface area contributed by atoms with Crippen molar-refractivity contribution in [3.05, 3.63) is 71.2 Å². The fourth-order valence-electron chi connectivity index (χ4n) is 2.26. The summed E-state index contributed by atoms with van der Waals surface area (Å²) in [5.74, 6) is -0.279. The second kappa shape index (κ2) is 5.78. The van der Waals surface area contributed by atoms with Crippen molar-refractivity contribution in [1.82, 2.24) is 15.0 Å². The van der Waals surface area contributed by atoms with Gasteiger partial charge in [-0.25, -0.2) is 9.07 Å². The Bertz CT molecular complexity index is 827. The van der Waals surface area contributed by atoms with Crippen molar-refractivity contribution in [3.8, 4) is 17.3 Å². The molecular formula is C17H13FN4. The van der Waals surface area contributed by atoms with Gasteiger partial charge in [0.15, 0.2) is 5.69 Å². The smallest absolute Gasteiger partial charge is 0.190 e. The van der Waals surface area contributed by atoms with Gasteiger partial charge in [-0.3, -0.25) is 0 Å². The van der Waals surface area contributed by atoms with Crippen LogP contribution in [0, 0.1) is 24.1 Å². The molecule has 5 heteroatoms. The Kier molecular flexibility index (Phi) is 3.67. The minimum Gasteiger partial charge on any atom is -0.239 e. The Hall–Kier alpha value is -3.00. The Morgan fingerprint density at radius 1 is 1.09 bits per heavy atom. The van der Waals surface area contributed by atoms with E-state index < -0.39 is 0 Å². The van der Waals surface area contributed by atoms with Crippen molar-refractivity contribution in [2.24, 2.45) is 0 Å². The minimum absolute atomic E-state index is 0.279. The van der Waals surface area contributed by atoms with E-state index in [0.29, 0.717) is 12.2 Å². The first-order valence-corrected chi connectivity index (χ1v) is 6.82. The number of nitrogens with zero attached hydrogens (tertiary/aromatic N) is 4. The van der Waals surface area contributed by atoms with E-state index in [-0.39, 0.29) is 11.5 Å². The average molecular weight is 292 g/mol. The van der Waals surface area contributed by atoms with Gasteiger partial charge in [0.1, 0.15) is 17.6 Å². The normalized spacial score (nSPS) is 10.4. The molecule has 0 N–H and O–H groups in total. The predicted octanol–water partition coefficient (Wildman–Crippen LogP) is 3.31. The van der Waals surface area contributed by atoms with Crippen LogP contribution in [0.3, 0.4) is 0 Å². The molecule has 0 spiro atoms. The molecule has 1 heterocycles. The average Bonchev–Trinajstić information content (AvgIpc) is 2.93. The van der Waals surface area contributed by atoms with Crippen LogP contribution in [0.1, 0.15) is 16.8 Å². The van der Waals surface area contributed by atoms with Crippen LogP contribution < -0.4 is 0 Å². The molecule has 1 aromatic heterocycles. The maximum atomic E-state index is 13.0. The quantitative estimate of drug-likeness (QED) is 0.744. The van der Waals surface area contributed by atoms with Crippen molar-refractivity contribution >= 4 is 0 Å². The van der Waals surface area contributed by atoms with Crippen LogP contribution in [0.2, 0.25) is 0 Å². The van der Waals surface area contributed by atoms with E-state index in [9.17, 15) is 9.65 Å². The Morgan fingerprint density at radius 3 is 2.41 bits per heavy atom. The topological polar surface area (TPSA) is 54.5 Å². The molecule has 0 amide bonds. The Morgan fingerprint density at radius 2 is 1.77 bits per heavy atom. The first-order chi connectivity index (χ1) is 10.7. The van der Waals surface area contributed by atoms with E-state index in [1.54, 1.807) is 16.8 Å². The van der Waals surface area contributed by atoms with Crippen molar-refractivity contribution in [1.29, 1.82) is 5.26 Å². The van der Waals surface area contributed by atoms with Gasteiger partial charge in [0.2, 0.25) is 0 Å². The van der Waals surface area contributed by atoms with E-state index >= 15 is 0 Å². The highest BCUT2D eigenvalue weighted by molar-refractivity contribution is 5.65. The maximum Gasteiger partial charge on any atom is 0.190 e. The van der Waals surface area contributed by atoms with E-state index in [2.05, 4.69) is 16.4 Å². The summed E-state index contributed by atoms with van der Waals surface area (Å²) >= 11 is 0. The lowest BCUT2D eigenvalue weighted by Gasteiger charge is -2.07. The van der Waals surface area contributed by atoms with E-state index in [0.717, 1.165) is 16.7 Å². The molecule has 2 aromatic carbocycles. The summed E-state index contributed by atoms with van der Waals surface area (Å²) in [6.45, 7) is 2.43. The zero-order chi connectivity index (χ0) is 15.5. The predicted molar refractivity (Wildman–Crippen MR) is 80.4 cm³/mol. The number of nitriles is 1. The van der Waals surface area contributed by atoms with Crippen LogP contribution >= 0.6 is 0 Å². The van der Waals surface area contributed by atoms with Crippen molar-refractivity contribution in [2.45, 2.75) is 13.5 Å². The van der Waals surface area contributed by atoms with Gasteiger partial charge in [-0.2, -0.15) is 5.26 Å². The van der Waals surface area contributed by atoms with Gasteiger partial charge in [-0.05, 0) is 24.6 Å². The molecule has 108 valence electrons. The second-order valence-corrected chi connectivity index (χ2v) is 5.05. The third-order valence-electron chi connectivity index (χ3n) is 3.41. The molecule has 3 rings (SSSR count). The molecular weight excluding hydrogens is 279 g/mol. The molecule has 0 atom stereocenters. The standard InChI is InChI=1S/C17H13FN4/c1-12-2-6-14(7-3-12)17-16(10-19)20-21-22(17)11-13-4-8-15(18)9-5-13/h2-9H,11H2,1H3. The fraction of sp³-hybridized carbons (Fsp3) is 0.118. The van der Waals surface area contributed by atoms with Crippen molar-refractivity contribution in [3.63, 3.8) is 0 Å². The van der Waals surface area contributed by atoms with Gasteiger partial charge >= 0.3 is 0 Å². The number of rotatable bonds is 3. The second-order valence-electron chi connectivity index (χ2n) is 5.05. The summed E-state index contributed by atoms with van der Waals surface area (Å²) in [7, 11) is 0. The molecule has 0 saturated carbocycles. The SMILES string of the molecule is Cc1ccc(-c2c(C#N)nnn2Cc2ccc(F)cc2)cc1. The van der Waals surface area contributed by atoms with Crippen LogP contribution in [-0.2, 0) is 6.54 Å². The summed E-state index contributed by atoms with van der Waals surface area (Å²) in [6, 6.07) is 16.1. The van der Waals surface area contributed by atoms with Crippen molar-refractivity contribution in [2.75, 3.05) is 0 Å². The number of aryl methyl sites for hydroxylation is 1. The summed E-state index contributed by atoms with van der Waals surface area (Å²) in [6.07, 6.45) is 0. The lowest BCUT2D eigenvalue weighted by atomic mass is 10.1. The van der Waals surface area contributed by atoms with Gasteiger partial charge in [0.05, 0.1) is 6.54 Å². The fourth-order valence-corrected chi connectivity index (χ4v) is 2.26. The first-order valence-electron chi connectivity index (χ1n) is 6.82. The lowest BCUT2D eigenvalue weighted by Crippen LogP contribution is -2.04. The van der Waals surface area contributed by atoms with Crippen LogP contribution in [0.15, 0.2) is 48.5 Å². The summed E-state index contributed by atoms with van der Waals surface area (Å²) in [5.41, 5.74) is 3.87. The number of halogens is 1. The Balaban J connectivity index is 2.02. The molecule has 22 heavy (non-hydrogen) atoms. The number of benzene rings is 2. The molecule has 0 aliphatic carbocycles. The van der Waals surface area contributed by atoms with Crippen LogP contribution in [0.5, 0.6) is 0 Å². The van der Waals surface area contributed by atoms with Crippen LogP contribution in [-0.4, -0.2) is 15.0 Å². The first kappa shape index (κ1) is 14.0. The summed E-state index contributed by atoms with van der Waals surface area (Å²) in [5, 5.41) is 17.2. The monoisotopic (exact) mass is 292 g/mol. The third kappa shape index (κ3) is 2.72. The Labute approximate surface area is 127 Å². The maximum absolute atomic E-state index is 13.0. The largest absolute Gasteiger partial charge is 0.239 e. The number of hydrogen-bond donors (Lipinski definition) is 0. The molecule has 0 aliphatic rings. The molecule has 0 unspecified atom stereocenters. The molecule has 0 fully saturated rings. The minimum atomic E-state index is -0.279. The molecule has 4 nitrogen and oxygen atoms in total. The van der Waals surface area contributed by atoms with Crippen LogP contribution in [0.4, 0.5) is 4.39 Å². The van der Waals surface area contributed by atoms with Crippen molar-refractivity contribution < 1.29 is 4.39 Å². The van der Waals surface area contributed by atoms with E-state index in [1.807, 2.05) is 31.2 Å². The highest BCUT2D eigenvalue weighted by atomic mass is 19.1. The lowest BCUT2D eigenvalue weighted by molar-refractivity contribution is 0.622. The third-order valence-corrected chi connectivity index (χ3v) is 3.41.